The number of hydrogen-bond donors (Lipinski definition) is 0. The normalized spacial score (nSPS) is 10.7. The minimum atomic E-state index is -0.309. The fourth-order valence-electron chi connectivity index (χ4n) is 3.59. The lowest BCUT2D eigenvalue weighted by molar-refractivity contribution is 0.103. The summed E-state index contributed by atoms with van der Waals surface area (Å²) in [5, 5.41) is 0. The number of fused-ring (bicyclic) bond motifs is 1. The van der Waals surface area contributed by atoms with Crippen LogP contribution >= 0.6 is 0 Å². The van der Waals surface area contributed by atoms with Crippen LogP contribution in [0.2, 0.25) is 0 Å². The van der Waals surface area contributed by atoms with Gasteiger partial charge in [0, 0.05) is 17.2 Å². The van der Waals surface area contributed by atoms with Crippen LogP contribution in [0.1, 0.15) is 15.9 Å². The summed E-state index contributed by atoms with van der Waals surface area (Å²) in [5.41, 5.74) is 2.19. The highest BCUT2D eigenvalue weighted by Crippen LogP contribution is 2.41. The van der Waals surface area contributed by atoms with Crippen LogP contribution in [0.4, 0.5) is 0 Å². The number of carbonyl (C=O) groups excluding carboxylic acids is 1. The van der Waals surface area contributed by atoms with Crippen molar-refractivity contribution < 1.29 is 32.9 Å². The molecule has 4 rings (SSSR count). The molecule has 0 N–H and O–H groups in total. The van der Waals surface area contributed by atoms with E-state index in [1.54, 1.807) is 43.6 Å². The Hall–Kier alpha value is -4.20. The highest BCUT2D eigenvalue weighted by atomic mass is 16.5. The summed E-state index contributed by atoms with van der Waals surface area (Å²) in [6.45, 7) is 0. The molecule has 8 nitrogen and oxygen atoms in total. The van der Waals surface area contributed by atoms with Gasteiger partial charge in [0.1, 0.15) is 22.8 Å². The van der Waals surface area contributed by atoms with Crippen molar-refractivity contribution in [2.75, 3.05) is 35.5 Å². The van der Waals surface area contributed by atoms with Crippen LogP contribution in [0.5, 0.6) is 28.7 Å². The Balaban J connectivity index is 1.94. The molecule has 170 valence electrons. The maximum Gasteiger partial charge on any atom is 0.203 e. The average molecular weight is 449 g/mol. The minimum Gasteiger partial charge on any atom is -0.497 e. The van der Waals surface area contributed by atoms with E-state index in [0.717, 1.165) is 0 Å². The summed E-state index contributed by atoms with van der Waals surface area (Å²) in [6.07, 6.45) is 1.54. The van der Waals surface area contributed by atoms with Gasteiger partial charge in [-0.25, -0.2) is 4.98 Å². The molecule has 2 heterocycles. The summed E-state index contributed by atoms with van der Waals surface area (Å²) >= 11 is 0. The molecule has 0 bridgehead atoms. The molecular weight excluding hydrogens is 426 g/mol. The molecule has 8 heteroatoms. The van der Waals surface area contributed by atoms with Gasteiger partial charge in [-0.05, 0) is 36.4 Å². The number of methoxy groups -OCH3 is 5. The number of rotatable bonds is 8. The smallest absolute Gasteiger partial charge is 0.203 e. The van der Waals surface area contributed by atoms with Crippen molar-refractivity contribution in [1.82, 2.24) is 4.98 Å². The van der Waals surface area contributed by atoms with Gasteiger partial charge in [-0.2, -0.15) is 0 Å². The van der Waals surface area contributed by atoms with Crippen LogP contribution in [0, 0.1) is 0 Å². The van der Waals surface area contributed by atoms with Crippen LogP contribution in [0.3, 0.4) is 0 Å². The van der Waals surface area contributed by atoms with Crippen molar-refractivity contribution in [3.63, 3.8) is 0 Å². The second-order valence-electron chi connectivity index (χ2n) is 7.00. The third-order valence-electron chi connectivity index (χ3n) is 5.25. The zero-order valence-electron chi connectivity index (χ0n) is 18.9. The number of hydrogen-bond acceptors (Lipinski definition) is 8. The molecular formula is C25H23NO7. The van der Waals surface area contributed by atoms with E-state index in [2.05, 4.69) is 4.98 Å². The van der Waals surface area contributed by atoms with E-state index in [-0.39, 0.29) is 5.78 Å². The molecule has 0 atom stereocenters. The molecule has 0 aliphatic rings. The summed E-state index contributed by atoms with van der Waals surface area (Å²) in [4.78, 5) is 18.3. The zero-order chi connectivity index (χ0) is 23.5. The maximum atomic E-state index is 13.8. The third-order valence-corrected chi connectivity index (χ3v) is 5.25. The number of benzene rings is 2. The Labute approximate surface area is 190 Å². The molecule has 0 aliphatic carbocycles. The van der Waals surface area contributed by atoms with Gasteiger partial charge in [-0.1, -0.05) is 0 Å². The van der Waals surface area contributed by atoms with Crippen molar-refractivity contribution in [2.45, 2.75) is 0 Å². The van der Waals surface area contributed by atoms with Crippen molar-refractivity contribution in [3.8, 4) is 40.1 Å². The number of aromatic nitrogens is 1. The maximum absolute atomic E-state index is 13.8. The summed E-state index contributed by atoms with van der Waals surface area (Å²) < 4.78 is 32.8. The van der Waals surface area contributed by atoms with E-state index in [1.807, 2.05) is 12.1 Å². The van der Waals surface area contributed by atoms with Crippen LogP contribution < -0.4 is 23.7 Å². The highest BCUT2D eigenvalue weighted by Gasteiger charge is 2.27. The molecule has 2 aromatic carbocycles. The number of pyridine rings is 1. The second-order valence-corrected chi connectivity index (χ2v) is 7.00. The number of ether oxygens (including phenoxy) is 5. The zero-order valence-corrected chi connectivity index (χ0v) is 18.9. The molecule has 2 aromatic heterocycles. The van der Waals surface area contributed by atoms with E-state index >= 15 is 0 Å². The first kappa shape index (κ1) is 22.0. The molecule has 0 spiro atoms. The molecule has 0 amide bonds. The van der Waals surface area contributed by atoms with Crippen LogP contribution in [0.15, 0.2) is 53.1 Å². The molecule has 0 radical (unpaired) electrons. The van der Waals surface area contributed by atoms with Gasteiger partial charge in [-0.3, -0.25) is 4.79 Å². The van der Waals surface area contributed by atoms with Gasteiger partial charge in [0.05, 0.1) is 47.3 Å². The number of carbonyl (C=O) groups is 1. The Morgan fingerprint density at radius 2 is 1.42 bits per heavy atom. The Bertz CT molecular complexity index is 1280. The van der Waals surface area contributed by atoms with Crippen LogP contribution in [-0.2, 0) is 0 Å². The third kappa shape index (κ3) is 3.91. The lowest BCUT2D eigenvalue weighted by Gasteiger charge is -2.13. The van der Waals surface area contributed by atoms with E-state index in [4.69, 9.17) is 28.1 Å². The molecule has 0 aliphatic heterocycles. The van der Waals surface area contributed by atoms with Gasteiger partial charge in [0.25, 0.3) is 0 Å². The molecule has 0 unspecified atom stereocenters. The molecule has 33 heavy (non-hydrogen) atoms. The van der Waals surface area contributed by atoms with Crippen molar-refractivity contribution >= 4 is 16.9 Å². The summed E-state index contributed by atoms with van der Waals surface area (Å²) in [7, 11) is 7.62. The van der Waals surface area contributed by atoms with Crippen molar-refractivity contribution in [1.29, 1.82) is 0 Å². The quantitative estimate of drug-likeness (QED) is 0.356. The van der Waals surface area contributed by atoms with Gasteiger partial charge >= 0.3 is 0 Å². The minimum absolute atomic E-state index is 0.309. The molecule has 0 saturated heterocycles. The topological polar surface area (TPSA) is 89.3 Å². The van der Waals surface area contributed by atoms with Crippen LogP contribution in [0.25, 0.3) is 22.4 Å². The van der Waals surface area contributed by atoms with Gasteiger partial charge < -0.3 is 28.1 Å². The predicted molar refractivity (Wildman–Crippen MR) is 122 cm³/mol. The Morgan fingerprint density at radius 3 is 1.97 bits per heavy atom. The Morgan fingerprint density at radius 1 is 0.788 bits per heavy atom. The van der Waals surface area contributed by atoms with Crippen LogP contribution in [-0.4, -0.2) is 46.3 Å². The first-order valence-corrected chi connectivity index (χ1v) is 10.00. The SMILES string of the molecule is COc1ccc(-c2oc3cc(OC)cnc3c2C(=O)c2cc(OC)c(OC)c(OC)c2)cc1. The number of nitrogens with zero attached hydrogens (tertiary/aromatic N) is 1. The van der Waals surface area contributed by atoms with E-state index < -0.39 is 0 Å². The fraction of sp³-hybridized carbons (Fsp3) is 0.200. The van der Waals surface area contributed by atoms with E-state index in [0.29, 0.717) is 62.3 Å². The molecule has 0 fully saturated rings. The van der Waals surface area contributed by atoms with Crippen molar-refractivity contribution in [3.05, 3.63) is 59.8 Å². The summed E-state index contributed by atoms with van der Waals surface area (Å²) in [5.74, 6) is 2.41. The Kier molecular flexibility index (Phi) is 6.08. The number of furan rings is 1. The lowest BCUT2D eigenvalue weighted by Crippen LogP contribution is -2.05. The predicted octanol–water partition coefficient (Wildman–Crippen LogP) is 4.77. The van der Waals surface area contributed by atoms with E-state index in [9.17, 15) is 4.79 Å². The fourth-order valence-corrected chi connectivity index (χ4v) is 3.59. The standard InChI is InChI=1S/C25H23NO7/c1-28-16-8-6-14(7-9-16)24-21(22-18(33-24)12-17(29-2)13-26-22)23(27)15-10-19(30-3)25(32-5)20(11-15)31-4/h6-13H,1-5H3. The highest BCUT2D eigenvalue weighted by molar-refractivity contribution is 6.19. The largest absolute Gasteiger partial charge is 0.497 e. The van der Waals surface area contributed by atoms with Gasteiger partial charge in [-0.15, -0.1) is 0 Å². The van der Waals surface area contributed by atoms with Gasteiger partial charge in [0.15, 0.2) is 22.9 Å². The second kappa shape index (κ2) is 9.12. The van der Waals surface area contributed by atoms with E-state index in [1.165, 1.54) is 28.4 Å². The first-order chi connectivity index (χ1) is 16.0. The molecule has 4 aromatic rings. The monoisotopic (exact) mass is 449 g/mol. The first-order valence-electron chi connectivity index (χ1n) is 10.00. The van der Waals surface area contributed by atoms with Gasteiger partial charge in [0.2, 0.25) is 5.75 Å². The number of ketones is 1. The molecule has 0 saturated carbocycles. The summed E-state index contributed by atoms with van der Waals surface area (Å²) in [6, 6.07) is 12.1. The van der Waals surface area contributed by atoms with Crippen molar-refractivity contribution in [2.24, 2.45) is 0 Å². The average Bonchev–Trinajstić information content (AvgIpc) is 3.25. The lowest BCUT2D eigenvalue weighted by atomic mass is 9.98.